The second-order valence-electron chi connectivity index (χ2n) is 6.12. The molecule has 0 aromatic heterocycles. The minimum absolute atomic E-state index is 0.171. The van der Waals surface area contributed by atoms with Gasteiger partial charge in [-0.1, -0.05) is 12.5 Å². The number of sulfonamides is 1. The highest BCUT2D eigenvalue weighted by Gasteiger charge is 2.26. The summed E-state index contributed by atoms with van der Waals surface area (Å²) in [6.07, 6.45) is 2.80. The van der Waals surface area contributed by atoms with Gasteiger partial charge in [-0.25, -0.2) is 13.2 Å². The van der Waals surface area contributed by atoms with Crippen LogP contribution in [0.1, 0.15) is 31.7 Å². The number of hydrogen-bond acceptors (Lipinski definition) is 4. The molecule has 1 heterocycles. The lowest BCUT2D eigenvalue weighted by atomic mass is 10.2. The van der Waals surface area contributed by atoms with Crippen molar-refractivity contribution in [3.05, 3.63) is 23.8 Å². The lowest BCUT2D eigenvalue weighted by molar-refractivity contribution is 0.229. The first-order valence-corrected chi connectivity index (χ1v) is 9.58. The van der Waals surface area contributed by atoms with Crippen LogP contribution in [0.25, 0.3) is 0 Å². The SMILES string of the molecule is Cc1ccc(S(=O)(=O)N2CCCCC2)cc1NC(=O)N[C@H](C)CO. The smallest absolute Gasteiger partial charge is 0.319 e. The molecule has 0 unspecified atom stereocenters. The molecule has 1 aliphatic heterocycles. The zero-order valence-electron chi connectivity index (χ0n) is 14.1. The summed E-state index contributed by atoms with van der Waals surface area (Å²) in [5.74, 6) is 0. The molecule has 1 saturated heterocycles. The van der Waals surface area contributed by atoms with Crippen molar-refractivity contribution in [1.82, 2.24) is 9.62 Å². The van der Waals surface area contributed by atoms with E-state index in [2.05, 4.69) is 10.6 Å². The van der Waals surface area contributed by atoms with Gasteiger partial charge in [0.2, 0.25) is 10.0 Å². The van der Waals surface area contributed by atoms with E-state index in [-0.39, 0.29) is 17.5 Å². The van der Waals surface area contributed by atoms with Crippen molar-refractivity contribution in [3.8, 4) is 0 Å². The molecule has 0 radical (unpaired) electrons. The molecule has 1 aromatic rings. The third kappa shape index (κ3) is 4.46. The summed E-state index contributed by atoms with van der Waals surface area (Å²) >= 11 is 0. The fourth-order valence-electron chi connectivity index (χ4n) is 2.58. The number of carbonyl (C=O) groups excluding carboxylic acids is 1. The molecule has 134 valence electrons. The molecule has 1 aromatic carbocycles. The molecule has 0 saturated carbocycles. The standard InChI is InChI=1S/C16H25N3O4S/c1-12-6-7-14(24(22,23)19-8-4-3-5-9-19)10-15(12)18-16(21)17-13(2)11-20/h6-7,10,13,20H,3-5,8-9,11H2,1-2H3,(H2,17,18,21)/t13-/m1/s1. The molecule has 0 spiro atoms. The number of aliphatic hydroxyl groups excluding tert-OH is 1. The fourth-order valence-corrected chi connectivity index (χ4v) is 4.12. The Morgan fingerprint density at radius 2 is 1.96 bits per heavy atom. The maximum Gasteiger partial charge on any atom is 0.319 e. The summed E-state index contributed by atoms with van der Waals surface area (Å²) in [6.45, 7) is 4.36. The minimum atomic E-state index is -3.54. The molecule has 24 heavy (non-hydrogen) atoms. The van der Waals surface area contributed by atoms with Gasteiger partial charge in [-0.3, -0.25) is 0 Å². The van der Waals surface area contributed by atoms with E-state index >= 15 is 0 Å². The van der Waals surface area contributed by atoms with Crippen molar-refractivity contribution < 1.29 is 18.3 Å². The average Bonchev–Trinajstić information content (AvgIpc) is 2.57. The van der Waals surface area contributed by atoms with Crippen LogP contribution in [0, 0.1) is 6.92 Å². The summed E-state index contributed by atoms with van der Waals surface area (Å²) in [7, 11) is -3.54. The maximum atomic E-state index is 12.7. The number of aliphatic hydroxyl groups is 1. The number of hydrogen-bond donors (Lipinski definition) is 3. The lowest BCUT2D eigenvalue weighted by Gasteiger charge is -2.26. The van der Waals surface area contributed by atoms with Crippen LogP contribution in [0.5, 0.6) is 0 Å². The van der Waals surface area contributed by atoms with E-state index in [9.17, 15) is 13.2 Å². The highest BCUT2D eigenvalue weighted by molar-refractivity contribution is 7.89. The predicted molar refractivity (Wildman–Crippen MR) is 92.5 cm³/mol. The van der Waals surface area contributed by atoms with Crippen LogP contribution in [0.15, 0.2) is 23.1 Å². The number of carbonyl (C=O) groups is 1. The summed E-state index contributed by atoms with van der Waals surface area (Å²) < 4.78 is 26.9. The Labute approximate surface area is 143 Å². The highest BCUT2D eigenvalue weighted by atomic mass is 32.2. The molecule has 2 rings (SSSR count). The largest absolute Gasteiger partial charge is 0.394 e. The Hall–Kier alpha value is -1.64. The van der Waals surface area contributed by atoms with Gasteiger partial charge in [-0.2, -0.15) is 4.31 Å². The molecule has 3 N–H and O–H groups in total. The number of amides is 2. The first-order chi connectivity index (χ1) is 11.3. The Kier molecular flexibility index (Phi) is 6.20. The molecule has 8 heteroatoms. The van der Waals surface area contributed by atoms with E-state index in [4.69, 9.17) is 5.11 Å². The molecule has 0 aliphatic carbocycles. The third-order valence-electron chi connectivity index (χ3n) is 4.06. The maximum absolute atomic E-state index is 12.7. The second-order valence-corrected chi connectivity index (χ2v) is 8.06. The van der Waals surface area contributed by atoms with Crippen molar-refractivity contribution in [2.45, 2.75) is 44.0 Å². The summed E-state index contributed by atoms with van der Waals surface area (Å²) in [6, 6.07) is 3.88. The van der Waals surface area contributed by atoms with Crippen molar-refractivity contribution in [2.75, 3.05) is 25.0 Å². The number of nitrogens with zero attached hydrogens (tertiary/aromatic N) is 1. The fraction of sp³-hybridized carbons (Fsp3) is 0.562. The van der Waals surface area contributed by atoms with Gasteiger partial charge in [0, 0.05) is 18.8 Å². The van der Waals surface area contributed by atoms with Gasteiger partial charge in [-0.15, -0.1) is 0 Å². The van der Waals surface area contributed by atoms with Gasteiger partial charge < -0.3 is 15.7 Å². The van der Waals surface area contributed by atoms with Gasteiger partial charge in [0.05, 0.1) is 17.5 Å². The van der Waals surface area contributed by atoms with Crippen LogP contribution in [0.4, 0.5) is 10.5 Å². The van der Waals surface area contributed by atoms with Crippen LogP contribution >= 0.6 is 0 Å². The first-order valence-electron chi connectivity index (χ1n) is 8.14. The van der Waals surface area contributed by atoms with Gasteiger partial charge in [0.1, 0.15) is 0 Å². The van der Waals surface area contributed by atoms with E-state index < -0.39 is 16.1 Å². The lowest BCUT2D eigenvalue weighted by Crippen LogP contribution is -2.38. The summed E-state index contributed by atoms with van der Waals surface area (Å²) in [5.41, 5.74) is 1.20. The van der Waals surface area contributed by atoms with Crippen LogP contribution in [0.2, 0.25) is 0 Å². The van der Waals surface area contributed by atoms with E-state index in [0.29, 0.717) is 18.8 Å². The molecule has 0 bridgehead atoms. The van der Waals surface area contributed by atoms with Crippen molar-refractivity contribution in [3.63, 3.8) is 0 Å². The molecular formula is C16H25N3O4S. The van der Waals surface area contributed by atoms with E-state index in [1.807, 2.05) is 0 Å². The third-order valence-corrected chi connectivity index (χ3v) is 5.96. The zero-order chi connectivity index (χ0) is 17.7. The van der Waals surface area contributed by atoms with Crippen LogP contribution < -0.4 is 10.6 Å². The Morgan fingerprint density at radius 1 is 1.29 bits per heavy atom. The van der Waals surface area contributed by atoms with E-state index in [1.54, 1.807) is 26.0 Å². The number of urea groups is 1. The zero-order valence-corrected chi connectivity index (χ0v) is 14.9. The van der Waals surface area contributed by atoms with Crippen molar-refractivity contribution in [2.24, 2.45) is 0 Å². The first kappa shape index (κ1) is 18.7. The topological polar surface area (TPSA) is 98.7 Å². The number of nitrogens with one attached hydrogen (secondary N) is 2. The number of anilines is 1. The highest BCUT2D eigenvalue weighted by Crippen LogP contribution is 2.25. The number of piperidine rings is 1. The minimum Gasteiger partial charge on any atom is -0.394 e. The van der Waals surface area contributed by atoms with E-state index in [1.165, 1.54) is 10.4 Å². The quantitative estimate of drug-likeness (QED) is 0.748. The van der Waals surface area contributed by atoms with Gasteiger partial charge >= 0.3 is 6.03 Å². The van der Waals surface area contributed by atoms with Crippen LogP contribution in [-0.2, 0) is 10.0 Å². The van der Waals surface area contributed by atoms with Gasteiger partial charge in [0.15, 0.2) is 0 Å². The second kappa shape index (κ2) is 7.96. The summed E-state index contributed by atoms with van der Waals surface area (Å²) in [5, 5.41) is 14.2. The number of aryl methyl sites for hydroxylation is 1. The van der Waals surface area contributed by atoms with Crippen molar-refractivity contribution in [1.29, 1.82) is 0 Å². The molecule has 1 fully saturated rings. The number of rotatable bonds is 5. The van der Waals surface area contributed by atoms with Crippen molar-refractivity contribution >= 4 is 21.7 Å². The van der Waals surface area contributed by atoms with Crippen LogP contribution in [0.3, 0.4) is 0 Å². The predicted octanol–water partition coefficient (Wildman–Crippen LogP) is 1.67. The molecule has 1 aliphatic rings. The number of benzene rings is 1. The van der Waals surface area contributed by atoms with E-state index in [0.717, 1.165) is 24.8 Å². The summed E-state index contributed by atoms with van der Waals surface area (Å²) in [4.78, 5) is 12.1. The Balaban J connectivity index is 2.20. The normalized spacial score (nSPS) is 17.3. The molecule has 1 atom stereocenters. The Morgan fingerprint density at radius 3 is 2.58 bits per heavy atom. The molecule has 7 nitrogen and oxygen atoms in total. The monoisotopic (exact) mass is 355 g/mol. The average molecular weight is 355 g/mol. The Bertz CT molecular complexity index is 685. The van der Waals surface area contributed by atoms with Crippen LogP contribution in [-0.4, -0.2) is 49.6 Å². The molecule has 2 amide bonds. The van der Waals surface area contributed by atoms with Gasteiger partial charge in [-0.05, 0) is 44.4 Å². The molecular weight excluding hydrogens is 330 g/mol. The van der Waals surface area contributed by atoms with Gasteiger partial charge in [0.25, 0.3) is 0 Å².